The number of nitrogens with zero attached hydrogens (tertiary/aromatic N) is 2. The van der Waals surface area contributed by atoms with Crippen LogP contribution in [-0.4, -0.2) is 21.6 Å². The topological polar surface area (TPSA) is 56.0 Å². The molecule has 16 heavy (non-hydrogen) atoms. The van der Waals surface area contributed by atoms with Crippen LogP contribution in [0, 0.1) is 0 Å². The zero-order valence-corrected chi connectivity index (χ0v) is 10.1. The first-order valence-electron chi connectivity index (χ1n) is 5.60. The van der Waals surface area contributed by atoms with Gasteiger partial charge in [0, 0.05) is 25.0 Å². The first kappa shape index (κ1) is 12.5. The van der Waals surface area contributed by atoms with E-state index in [0.717, 1.165) is 6.42 Å². The van der Waals surface area contributed by atoms with Crippen molar-refractivity contribution in [3.05, 3.63) is 22.9 Å². The lowest BCUT2D eigenvalue weighted by Gasteiger charge is -2.05. The number of aromatic nitrogens is 2. The summed E-state index contributed by atoms with van der Waals surface area (Å²) in [5.74, 6) is -0.120. The summed E-state index contributed by atoms with van der Waals surface area (Å²) in [4.78, 5) is 23.2. The number of imidazole rings is 1. The lowest BCUT2D eigenvalue weighted by molar-refractivity contribution is -0.121. The monoisotopic (exact) mass is 225 g/mol. The Balaban J connectivity index is 2.68. The minimum Gasteiger partial charge on any atom is -0.355 e. The Labute approximate surface area is 95.1 Å². The van der Waals surface area contributed by atoms with Gasteiger partial charge in [-0.2, -0.15) is 0 Å². The fraction of sp³-hybridized carbons (Fsp3) is 0.636. The van der Waals surface area contributed by atoms with Crippen LogP contribution in [0.1, 0.15) is 33.2 Å². The predicted molar refractivity (Wildman–Crippen MR) is 62.4 cm³/mol. The van der Waals surface area contributed by atoms with E-state index in [-0.39, 0.29) is 24.2 Å². The Morgan fingerprint density at radius 3 is 2.62 bits per heavy atom. The molecule has 1 aromatic heterocycles. The van der Waals surface area contributed by atoms with Crippen molar-refractivity contribution in [3.8, 4) is 0 Å². The average molecular weight is 225 g/mol. The summed E-state index contributed by atoms with van der Waals surface area (Å²) in [6, 6.07) is 0.118. The summed E-state index contributed by atoms with van der Waals surface area (Å²) in [7, 11) is 0. The van der Waals surface area contributed by atoms with Gasteiger partial charge in [-0.3, -0.25) is 13.9 Å². The van der Waals surface area contributed by atoms with Crippen LogP contribution in [0.25, 0.3) is 0 Å². The van der Waals surface area contributed by atoms with Crippen LogP contribution < -0.4 is 11.0 Å². The maximum absolute atomic E-state index is 11.8. The zero-order valence-electron chi connectivity index (χ0n) is 10.1. The van der Waals surface area contributed by atoms with Gasteiger partial charge in [0.2, 0.25) is 5.91 Å². The number of amides is 1. The molecule has 1 N–H and O–H groups in total. The van der Waals surface area contributed by atoms with Crippen LogP contribution in [-0.2, 0) is 11.3 Å². The first-order chi connectivity index (χ1) is 7.56. The van der Waals surface area contributed by atoms with Crippen LogP contribution in [0.4, 0.5) is 0 Å². The fourth-order valence-corrected chi connectivity index (χ4v) is 1.42. The van der Waals surface area contributed by atoms with E-state index in [0.29, 0.717) is 6.54 Å². The van der Waals surface area contributed by atoms with Gasteiger partial charge < -0.3 is 5.32 Å². The molecule has 1 amide bonds. The van der Waals surface area contributed by atoms with Gasteiger partial charge in [0.15, 0.2) is 0 Å². The largest absolute Gasteiger partial charge is 0.355 e. The number of rotatable bonds is 5. The Morgan fingerprint density at radius 1 is 1.44 bits per heavy atom. The molecule has 0 spiro atoms. The van der Waals surface area contributed by atoms with E-state index in [9.17, 15) is 9.59 Å². The molecule has 5 heteroatoms. The molecule has 0 aliphatic heterocycles. The molecule has 0 saturated heterocycles. The Morgan fingerprint density at radius 2 is 2.12 bits per heavy atom. The summed E-state index contributed by atoms with van der Waals surface area (Å²) in [6.07, 6.45) is 4.25. The van der Waals surface area contributed by atoms with Crippen molar-refractivity contribution < 1.29 is 4.79 Å². The summed E-state index contributed by atoms with van der Waals surface area (Å²) in [5.41, 5.74) is -0.137. The molecule has 1 aromatic rings. The smallest absolute Gasteiger partial charge is 0.328 e. The number of carbonyl (C=O) groups excluding carboxylic acids is 1. The maximum atomic E-state index is 11.8. The molecule has 0 atom stereocenters. The normalized spacial score (nSPS) is 10.8. The Hall–Kier alpha value is -1.52. The van der Waals surface area contributed by atoms with Crippen LogP contribution in [0.3, 0.4) is 0 Å². The molecule has 90 valence electrons. The summed E-state index contributed by atoms with van der Waals surface area (Å²) in [5, 5.41) is 2.74. The van der Waals surface area contributed by atoms with Crippen LogP contribution >= 0.6 is 0 Å². The van der Waals surface area contributed by atoms with Crippen molar-refractivity contribution in [2.75, 3.05) is 6.54 Å². The van der Waals surface area contributed by atoms with Crippen molar-refractivity contribution >= 4 is 5.91 Å². The van der Waals surface area contributed by atoms with E-state index in [2.05, 4.69) is 5.32 Å². The van der Waals surface area contributed by atoms with Crippen molar-refractivity contribution in [3.63, 3.8) is 0 Å². The summed E-state index contributed by atoms with van der Waals surface area (Å²) < 4.78 is 3.03. The van der Waals surface area contributed by atoms with E-state index >= 15 is 0 Å². The minimum absolute atomic E-state index is 0.0958. The molecule has 1 rings (SSSR count). The third-order valence-electron chi connectivity index (χ3n) is 2.32. The molecule has 0 aliphatic rings. The molecule has 0 radical (unpaired) electrons. The quantitative estimate of drug-likeness (QED) is 0.804. The maximum Gasteiger partial charge on any atom is 0.328 e. The SMILES string of the molecule is CCCNC(=O)Cn1ccn(C(C)C)c1=O. The molecular weight excluding hydrogens is 206 g/mol. The molecule has 0 aromatic carbocycles. The highest BCUT2D eigenvalue weighted by Gasteiger charge is 2.08. The molecule has 0 fully saturated rings. The fourth-order valence-electron chi connectivity index (χ4n) is 1.42. The lowest BCUT2D eigenvalue weighted by atomic mass is 10.4. The van der Waals surface area contributed by atoms with Gasteiger partial charge in [-0.25, -0.2) is 4.79 Å². The van der Waals surface area contributed by atoms with Gasteiger partial charge in [0.25, 0.3) is 0 Å². The van der Waals surface area contributed by atoms with Gasteiger partial charge >= 0.3 is 5.69 Å². The molecule has 0 unspecified atom stereocenters. The predicted octanol–water partition coefficient (Wildman–Crippen LogP) is 0.757. The lowest BCUT2D eigenvalue weighted by Crippen LogP contribution is -2.33. The summed E-state index contributed by atoms with van der Waals surface area (Å²) in [6.45, 7) is 6.60. The van der Waals surface area contributed by atoms with E-state index in [1.807, 2.05) is 20.8 Å². The van der Waals surface area contributed by atoms with E-state index < -0.39 is 0 Å². The number of carbonyl (C=O) groups is 1. The van der Waals surface area contributed by atoms with Crippen LogP contribution in [0.5, 0.6) is 0 Å². The molecule has 0 saturated carbocycles. The van der Waals surface area contributed by atoms with E-state index in [4.69, 9.17) is 0 Å². The van der Waals surface area contributed by atoms with Gasteiger partial charge in [-0.15, -0.1) is 0 Å². The van der Waals surface area contributed by atoms with E-state index in [1.165, 1.54) is 4.57 Å². The Bertz CT molecular complexity index is 404. The highest BCUT2D eigenvalue weighted by Crippen LogP contribution is 1.98. The summed E-state index contributed by atoms with van der Waals surface area (Å²) >= 11 is 0. The second-order valence-corrected chi connectivity index (χ2v) is 4.06. The Kier molecular flexibility index (Phi) is 4.34. The van der Waals surface area contributed by atoms with Crippen LogP contribution in [0.2, 0.25) is 0 Å². The van der Waals surface area contributed by atoms with Gasteiger partial charge in [0.05, 0.1) is 0 Å². The first-order valence-corrected chi connectivity index (χ1v) is 5.60. The third-order valence-corrected chi connectivity index (χ3v) is 2.32. The van der Waals surface area contributed by atoms with Gasteiger partial charge in [-0.05, 0) is 20.3 Å². The second-order valence-electron chi connectivity index (χ2n) is 4.06. The number of hydrogen-bond acceptors (Lipinski definition) is 2. The van der Waals surface area contributed by atoms with Crippen molar-refractivity contribution in [2.45, 2.75) is 39.8 Å². The third kappa shape index (κ3) is 2.98. The van der Waals surface area contributed by atoms with E-state index in [1.54, 1.807) is 17.0 Å². The molecule has 0 aliphatic carbocycles. The zero-order chi connectivity index (χ0) is 12.1. The number of hydrogen-bond donors (Lipinski definition) is 1. The number of nitrogens with one attached hydrogen (secondary N) is 1. The molecule has 0 bridgehead atoms. The standard InChI is InChI=1S/C11H19N3O2/c1-4-5-12-10(15)8-13-6-7-14(9(2)3)11(13)16/h6-7,9H,4-5,8H2,1-3H3,(H,12,15). The molecule has 5 nitrogen and oxygen atoms in total. The van der Waals surface area contributed by atoms with Gasteiger partial charge in [-0.1, -0.05) is 6.92 Å². The molecular formula is C11H19N3O2. The van der Waals surface area contributed by atoms with Crippen molar-refractivity contribution in [1.82, 2.24) is 14.5 Å². The highest BCUT2D eigenvalue weighted by molar-refractivity contribution is 5.75. The van der Waals surface area contributed by atoms with Crippen molar-refractivity contribution in [2.24, 2.45) is 0 Å². The average Bonchev–Trinajstić information content (AvgIpc) is 2.57. The second kappa shape index (κ2) is 5.53. The van der Waals surface area contributed by atoms with Gasteiger partial charge in [0.1, 0.15) is 6.54 Å². The van der Waals surface area contributed by atoms with Crippen molar-refractivity contribution in [1.29, 1.82) is 0 Å². The highest BCUT2D eigenvalue weighted by atomic mass is 16.2. The van der Waals surface area contributed by atoms with Crippen LogP contribution in [0.15, 0.2) is 17.2 Å². The molecule has 1 heterocycles. The minimum atomic E-state index is -0.137.